The first kappa shape index (κ1) is 14.2. The molecule has 1 heterocycles. The third kappa shape index (κ3) is 2.34. The Morgan fingerprint density at radius 3 is 2.67 bits per heavy atom. The van der Waals surface area contributed by atoms with E-state index in [4.69, 9.17) is 0 Å². The summed E-state index contributed by atoms with van der Waals surface area (Å²) in [6.45, 7) is 1.65. The zero-order chi connectivity index (χ0) is 15.0. The maximum Gasteiger partial charge on any atom is 0.134 e. The number of aryl methyl sites for hydroxylation is 1. The lowest BCUT2D eigenvalue weighted by Gasteiger charge is -2.20. The normalized spacial score (nSPS) is 12.8. The van der Waals surface area contributed by atoms with Gasteiger partial charge in [-0.2, -0.15) is 0 Å². The maximum absolute atomic E-state index is 14.4. The van der Waals surface area contributed by atoms with E-state index in [1.807, 2.05) is 29.6 Å². The molecule has 0 amide bonds. The van der Waals surface area contributed by atoms with E-state index in [0.29, 0.717) is 5.56 Å². The number of hydrogen-bond donors (Lipinski definition) is 1. The van der Waals surface area contributed by atoms with Gasteiger partial charge in [0.2, 0.25) is 0 Å². The molecule has 1 nitrogen and oxygen atoms in total. The van der Waals surface area contributed by atoms with Crippen molar-refractivity contribution in [2.24, 2.45) is 0 Å². The summed E-state index contributed by atoms with van der Waals surface area (Å²) in [5.41, 5.74) is 1.43. The van der Waals surface area contributed by atoms with E-state index in [1.165, 1.54) is 12.1 Å². The molecule has 4 heteroatoms. The van der Waals surface area contributed by atoms with E-state index in [0.717, 1.165) is 15.6 Å². The molecule has 108 valence electrons. The van der Waals surface area contributed by atoms with Crippen molar-refractivity contribution in [3.8, 4) is 0 Å². The maximum atomic E-state index is 14.4. The fourth-order valence-corrected chi connectivity index (χ4v) is 3.59. The van der Waals surface area contributed by atoms with Crippen LogP contribution in [0.4, 0.5) is 8.78 Å². The molecule has 1 atom stereocenters. The minimum Gasteiger partial charge on any atom is -0.309 e. The van der Waals surface area contributed by atoms with Crippen LogP contribution in [0.25, 0.3) is 10.1 Å². The molecule has 0 saturated carbocycles. The largest absolute Gasteiger partial charge is 0.309 e. The van der Waals surface area contributed by atoms with Crippen molar-refractivity contribution < 1.29 is 8.78 Å². The lowest BCUT2D eigenvalue weighted by atomic mass is 9.95. The molecule has 1 N–H and O–H groups in total. The quantitative estimate of drug-likeness (QED) is 0.733. The Hall–Kier alpha value is -1.78. The van der Waals surface area contributed by atoms with Gasteiger partial charge in [-0.1, -0.05) is 24.3 Å². The Bertz CT molecular complexity index is 795. The van der Waals surface area contributed by atoms with Crippen LogP contribution in [0, 0.1) is 18.6 Å². The Morgan fingerprint density at radius 2 is 1.90 bits per heavy atom. The highest BCUT2D eigenvalue weighted by Gasteiger charge is 2.23. The Labute approximate surface area is 126 Å². The molecule has 0 radical (unpaired) electrons. The first-order chi connectivity index (χ1) is 10.1. The summed E-state index contributed by atoms with van der Waals surface area (Å²) in [5.74, 6) is -1.01. The zero-order valence-corrected chi connectivity index (χ0v) is 12.6. The molecule has 3 rings (SSSR count). The summed E-state index contributed by atoms with van der Waals surface area (Å²) in [7, 11) is 1.72. The van der Waals surface area contributed by atoms with Crippen molar-refractivity contribution in [1.29, 1.82) is 0 Å². The summed E-state index contributed by atoms with van der Waals surface area (Å²) in [6.07, 6.45) is 0. The van der Waals surface area contributed by atoms with E-state index in [-0.39, 0.29) is 5.56 Å². The van der Waals surface area contributed by atoms with Gasteiger partial charge < -0.3 is 5.32 Å². The van der Waals surface area contributed by atoms with Gasteiger partial charge in [0.15, 0.2) is 0 Å². The Balaban J connectivity index is 2.24. The van der Waals surface area contributed by atoms with Gasteiger partial charge in [-0.05, 0) is 48.0 Å². The molecule has 0 aliphatic carbocycles. The predicted molar refractivity (Wildman–Crippen MR) is 83.8 cm³/mol. The van der Waals surface area contributed by atoms with Crippen molar-refractivity contribution in [2.75, 3.05) is 7.05 Å². The lowest BCUT2D eigenvalue weighted by molar-refractivity contribution is 0.519. The molecule has 2 aromatic carbocycles. The topological polar surface area (TPSA) is 12.0 Å². The first-order valence-electron chi connectivity index (χ1n) is 6.71. The third-order valence-corrected chi connectivity index (χ3v) is 4.70. The van der Waals surface area contributed by atoms with Gasteiger partial charge >= 0.3 is 0 Å². The van der Waals surface area contributed by atoms with Crippen LogP contribution in [0.1, 0.15) is 22.7 Å². The molecule has 0 spiro atoms. The van der Waals surface area contributed by atoms with Crippen molar-refractivity contribution in [3.63, 3.8) is 0 Å². The van der Waals surface area contributed by atoms with Gasteiger partial charge in [-0.3, -0.25) is 0 Å². The van der Waals surface area contributed by atoms with Crippen LogP contribution in [-0.4, -0.2) is 7.05 Å². The number of fused-ring (bicyclic) bond motifs is 1. The van der Waals surface area contributed by atoms with Gasteiger partial charge in [0.05, 0.1) is 6.04 Å². The van der Waals surface area contributed by atoms with Crippen LogP contribution in [0.2, 0.25) is 0 Å². The Kier molecular flexibility index (Phi) is 3.74. The average molecular weight is 303 g/mol. The number of benzene rings is 2. The van der Waals surface area contributed by atoms with Crippen LogP contribution >= 0.6 is 11.3 Å². The second-order valence-electron chi connectivity index (χ2n) is 5.00. The van der Waals surface area contributed by atoms with Crippen LogP contribution in [-0.2, 0) is 0 Å². The summed E-state index contributed by atoms with van der Waals surface area (Å²) in [4.78, 5) is 0. The number of thiophene rings is 1. The number of halogens is 2. The van der Waals surface area contributed by atoms with Crippen molar-refractivity contribution in [2.45, 2.75) is 13.0 Å². The molecule has 0 aliphatic rings. The lowest BCUT2D eigenvalue weighted by Crippen LogP contribution is -2.21. The molecule has 21 heavy (non-hydrogen) atoms. The molecule has 1 aromatic heterocycles. The van der Waals surface area contributed by atoms with Gasteiger partial charge in [-0.15, -0.1) is 11.3 Å². The third-order valence-electron chi connectivity index (χ3n) is 3.72. The molecular formula is C17H15F2NS. The molecule has 0 aliphatic heterocycles. The predicted octanol–water partition coefficient (Wildman–Crippen LogP) is 4.80. The molecular weight excluding hydrogens is 288 g/mol. The highest BCUT2D eigenvalue weighted by Crippen LogP contribution is 2.34. The van der Waals surface area contributed by atoms with E-state index >= 15 is 0 Å². The first-order valence-corrected chi connectivity index (χ1v) is 7.59. The highest BCUT2D eigenvalue weighted by atomic mass is 32.1. The van der Waals surface area contributed by atoms with Gasteiger partial charge in [0, 0.05) is 10.3 Å². The molecule has 0 saturated heterocycles. The number of nitrogens with one attached hydrogen (secondary N) is 1. The Morgan fingerprint density at radius 1 is 1.10 bits per heavy atom. The summed E-state index contributed by atoms with van der Waals surface area (Å²) in [5, 5.41) is 6.13. The zero-order valence-electron chi connectivity index (χ0n) is 11.8. The summed E-state index contributed by atoms with van der Waals surface area (Å²) in [6, 6.07) is 10.1. The van der Waals surface area contributed by atoms with Crippen LogP contribution < -0.4 is 5.32 Å². The van der Waals surface area contributed by atoms with Crippen molar-refractivity contribution in [1.82, 2.24) is 5.32 Å². The van der Waals surface area contributed by atoms with Crippen molar-refractivity contribution in [3.05, 3.63) is 70.1 Å². The van der Waals surface area contributed by atoms with Gasteiger partial charge in [0.1, 0.15) is 11.6 Å². The van der Waals surface area contributed by atoms with E-state index < -0.39 is 17.7 Å². The fourth-order valence-electron chi connectivity index (χ4n) is 2.64. The molecule has 3 aromatic rings. The monoisotopic (exact) mass is 303 g/mol. The SMILES string of the molecule is CNC(c1c(F)ccc(C)c1F)c1cccc2ccsc12. The van der Waals surface area contributed by atoms with Crippen LogP contribution in [0.3, 0.4) is 0 Å². The van der Waals surface area contributed by atoms with Crippen LogP contribution in [0.5, 0.6) is 0 Å². The molecule has 0 fully saturated rings. The van der Waals surface area contributed by atoms with Crippen molar-refractivity contribution >= 4 is 21.4 Å². The fraction of sp³-hybridized carbons (Fsp3) is 0.176. The molecule has 1 unspecified atom stereocenters. The second kappa shape index (κ2) is 5.54. The van der Waals surface area contributed by atoms with E-state index in [1.54, 1.807) is 25.3 Å². The second-order valence-corrected chi connectivity index (χ2v) is 5.92. The summed E-state index contributed by atoms with van der Waals surface area (Å²) < 4.78 is 29.7. The summed E-state index contributed by atoms with van der Waals surface area (Å²) >= 11 is 1.58. The van der Waals surface area contributed by atoms with E-state index in [2.05, 4.69) is 5.32 Å². The van der Waals surface area contributed by atoms with Gasteiger partial charge in [-0.25, -0.2) is 8.78 Å². The number of rotatable bonds is 3. The average Bonchev–Trinajstić information content (AvgIpc) is 2.96. The van der Waals surface area contributed by atoms with E-state index in [9.17, 15) is 8.78 Å². The smallest absolute Gasteiger partial charge is 0.134 e. The van der Waals surface area contributed by atoms with Crippen LogP contribution in [0.15, 0.2) is 41.8 Å². The number of hydrogen-bond acceptors (Lipinski definition) is 2. The molecule has 0 bridgehead atoms. The minimum atomic E-state index is -0.522. The highest BCUT2D eigenvalue weighted by molar-refractivity contribution is 7.17. The standard InChI is InChI=1S/C17H15F2NS/c1-10-6-7-13(18)14(15(10)19)16(20-2)12-5-3-4-11-8-9-21-17(11)12/h3-9,16,20H,1-2H3. The van der Waals surface area contributed by atoms with Gasteiger partial charge in [0.25, 0.3) is 0 Å². The minimum absolute atomic E-state index is 0.0819.